The Morgan fingerprint density at radius 2 is 1.70 bits per heavy atom. The van der Waals surface area contributed by atoms with Gasteiger partial charge in [0.2, 0.25) is 11.8 Å². The third-order valence-electron chi connectivity index (χ3n) is 4.69. The summed E-state index contributed by atoms with van der Waals surface area (Å²) in [4.78, 5) is 28.8. The third-order valence-corrected chi connectivity index (χ3v) is 5.95. The van der Waals surface area contributed by atoms with Crippen LogP contribution in [0.3, 0.4) is 0 Å². The van der Waals surface area contributed by atoms with E-state index in [4.69, 9.17) is 11.6 Å². The SMILES string of the molecule is CC[C@@H](C(=O)NC(C)C)N(Cc1ccc(Cl)cc1)C(=O)CCSc1ccc(C)cc1. The van der Waals surface area contributed by atoms with E-state index >= 15 is 0 Å². The summed E-state index contributed by atoms with van der Waals surface area (Å²) in [6.45, 7) is 8.23. The first-order valence-electron chi connectivity index (χ1n) is 10.3. The van der Waals surface area contributed by atoms with Crippen molar-refractivity contribution >= 4 is 35.2 Å². The molecular weight excluding hydrogens is 416 g/mol. The molecule has 0 aliphatic carbocycles. The van der Waals surface area contributed by atoms with Crippen molar-refractivity contribution in [3.05, 3.63) is 64.7 Å². The summed E-state index contributed by atoms with van der Waals surface area (Å²) >= 11 is 7.65. The Morgan fingerprint density at radius 1 is 1.07 bits per heavy atom. The van der Waals surface area contributed by atoms with Crippen LogP contribution >= 0.6 is 23.4 Å². The van der Waals surface area contributed by atoms with Gasteiger partial charge in [0.05, 0.1) is 0 Å². The Hall–Kier alpha value is -1.98. The van der Waals surface area contributed by atoms with Crippen LogP contribution < -0.4 is 5.32 Å². The molecule has 2 rings (SSSR count). The Bertz CT molecular complexity index is 822. The average Bonchev–Trinajstić information content (AvgIpc) is 2.70. The molecule has 6 heteroatoms. The maximum Gasteiger partial charge on any atom is 0.243 e. The number of carbonyl (C=O) groups excluding carboxylic acids is 2. The Kier molecular flexibility index (Phi) is 9.73. The molecule has 0 aliphatic heterocycles. The fraction of sp³-hybridized carbons (Fsp3) is 0.417. The fourth-order valence-electron chi connectivity index (χ4n) is 3.12. The molecular formula is C24H31ClN2O2S. The fourth-order valence-corrected chi connectivity index (χ4v) is 4.09. The Morgan fingerprint density at radius 3 is 2.27 bits per heavy atom. The first kappa shape index (κ1) is 24.3. The lowest BCUT2D eigenvalue weighted by atomic mass is 10.1. The van der Waals surface area contributed by atoms with Gasteiger partial charge in [-0.15, -0.1) is 11.8 Å². The van der Waals surface area contributed by atoms with Crippen LogP contribution in [0.2, 0.25) is 5.02 Å². The molecule has 4 nitrogen and oxygen atoms in total. The number of nitrogens with zero attached hydrogens (tertiary/aromatic N) is 1. The number of nitrogens with one attached hydrogen (secondary N) is 1. The topological polar surface area (TPSA) is 49.4 Å². The van der Waals surface area contributed by atoms with Gasteiger partial charge < -0.3 is 10.2 Å². The van der Waals surface area contributed by atoms with Crippen molar-refractivity contribution in [2.45, 2.75) is 64.1 Å². The molecule has 0 unspecified atom stereocenters. The highest BCUT2D eigenvalue weighted by Crippen LogP contribution is 2.21. The van der Waals surface area contributed by atoms with E-state index in [0.29, 0.717) is 30.2 Å². The molecule has 2 aromatic carbocycles. The number of carbonyl (C=O) groups is 2. The van der Waals surface area contributed by atoms with Crippen molar-refractivity contribution < 1.29 is 9.59 Å². The van der Waals surface area contributed by atoms with Crippen LogP contribution in [0.25, 0.3) is 0 Å². The van der Waals surface area contributed by atoms with Crippen LogP contribution in [-0.2, 0) is 16.1 Å². The van der Waals surface area contributed by atoms with Crippen molar-refractivity contribution in [3.63, 3.8) is 0 Å². The second-order valence-electron chi connectivity index (χ2n) is 7.65. The van der Waals surface area contributed by atoms with Crippen molar-refractivity contribution in [1.29, 1.82) is 0 Å². The van der Waals surface area contributed by atoms with E-state index in [1.165, 1.54) is 5.56 Å². The molecule has 0 aromatic heterocycles. The van der Waals surface area contributed by atoms with Gasteiger partial charge in [-0.3, -0.25) is 9.59 Å². The van der Waals surface area contributed by atoms with Gasteiger partial charge in [0.1, 0.15) is 6.04 Å². The van der Waals surface area contributed by atoms with Crippen LogP contribution in [0.5, 0.6) is 0 Å². The predicted octanol–water partition coefficient (Wildman–Crippen LogP) is 5.46. The monoisotopic (exact) mass is 446 g/mol. The van der Waals surface area contributed by atoms with E-state index in [9.17, 15) is 9.59 Å². The van der Waals surface area contributed by atoms with Crippen LogP contribution in [0, 0.1) is 6.92 Å². The number of hydrogen-bond donors (Lipinski definition) is 1. The summed E-state index contributed by atoms with van der Waals surface area (Å²) < 4.78 is 0. The number of thioether (sulfide) groups is 1. The highest BCUT2D eigenvalue weighted by atomic mass is 35.5. The highest BCUT2D eigenvalue weighted by Gasteiger charge is 2.28. The first-order chi connectivity index (χ1) is 14.3. The highest BCUT2D eigenvalue weighted by molar-refractivity contribution is 7.99. The van der Waals surface area contributed by atoms with Gasteiger partial charge in [-0.05, 0) is 57.0 Å². The first-order valence-corrected chi connectivity index (χ1v) is 11.7. The molecule has 30 heavy (non-hydrogen) atoms. The molecule has 0 saturated heterocycles. The quantitative estimate of drug-likeness (QED) is 0.493. The van der Waals surface area contributed by atoms with E-state index < -0.39 is 6.04 Å². The van der Waals surface area contributed by atoms with Gasteiger partial charge in [-0.25, -0.2) is 0 Å². The van der Waals surface area contributed by atoms with Crippen LogP contribution in [0.1, 0.15) is 44.7 Å². The van der Waals surface area contributed by atoms with E-state index in [-0.39, 0.29) is 17.9 Å². The van der Waals surface area contributed by atoms with Gasteiger partial charge in [0.15, 0.2) is 0 Å². The number of halogens is 1. The molecule has 0 heterocycles. The molecule has 162 valence electrons. The standard InChI is InChI=1S/C24H31ClN2O2S/c1-5-22(24(29)26-17(2)3)27(16-19-8-10-20(25)11-9-19)23(28)14-15-30-21-12-6-18(4)7-13-21/h6-13,17,22H,5,14-16H2,1-4H3,(H,26,29)/t22-/m0/s1. The van der Waals surface area contributed by atoms with E-state index in [0.717, 1.165) is 10.5 Å². The predicted molar refractivity (Wildman–Crippen MR) is 126 cm³/mol. The summed E-state index contributed by atoms with van der Waals surface area (Å²) in [7, 11) is 0. The van der Waals surface area contributed by atoms with Gasteiger partial charge in [-0.1, -0.05) is 48.4 Å². The van der Waals surface area contributed by atoms with E-state index in [1.807, 2.05) is 45.0 Å². The van der Waals surface area contributed by atoms with Gasteiger partial charge in [0.25, 0.3) is 0 Å². The largest absolute Gasteiger partial charge is 0.352 e. The van der Waals surface area contributed by atoms with Crippen molar-refractivity contribution in [1.82, 2.24) is 10.2 Å². The number of aryl methyl sites for hydroxylation is 1. The van der Waals surface area contributed by atoms with Gasteiger partial charge in [0, 0.05) is 34.7 Å². The van der Waals surface area contributed by atoms with Gasteiger partial charge >= 0.3 is 0 Å². The minimum absolute atomic E-state index is 0.0182. The molecule has 0 radical (unpaired) electrons. The molecule has 2 aromatic rings. The summed E-state index contributed by atoms with van der Waals surface area (Å²) in [5.41, 5.74) is 2.17. The van der Waals surface area contributed by atoms with Crippen molar-refractivity contribution in [3.8, 4) is 0 Å². The van der Waals surface area contributed by atoms with E-state index in [2.05, 4.69) is 36.5 Å². The number of rotatable bonds is 10. The molecule has 0 saturated carbocycles. The number of amides is 2. The third kappa shape index (κ3) is 7.69. The minimum Gasteiger partial charge on any atom is -0.352 e. The average molecular weight is 447 g/mol. The van der Waals surface area contributed by atoms with Crippen LogP contribution in [0.4, 0.5) is 0 Å². The lowest BCUT2D eigenvalue weighted by molar-refractivity contribution is -0.141. The molecule has 1 atom stereocenters. The van der Waals surface area contributed by atoms with Crippen molar-refractivity contribution in [2.75, 3.05) is 5.75 Å². The summed E-state index contributed by atoms with van der Waals surface area (Å²) in [5, 5.41) is 3.60. The normalized spacial score (nSPS) is 11.9. The van der Waals surface area contributed by atoms with Crippen LogP contribution in [-0.4, -0.2) is 34.6 Å². The zero-order valence-electron chi connectivity index (χ0n) is 18.2. The summed E-state index contributed by atoms with van der Waals surface area (Å²) in [6, 6.07) is 15.2. The molecule has 0 aliphatic rings. The minimum atomic E-state index is -0.500. The smallest absolute Gasteiger partial charge is 0.243 e. The molecule has 0 spiro atoms. The van der Waals surface area contributed by atoms with Crippen molar-refractivity contribution in [2.24, 2.45) is 0 Å². The lowest BCUT2D eigenvalue weighted by Gasteiger charge is -2.31. The molecule has 0 fully saturated rings. The summed E-state index contributed by atoms with van der Waals surface area (Å²) in [5.74, 6) is 0.539. The molecule has 2 amide bonds. The van der Waals surface area contributed by atoms with Crippen LogP contribution in [0.15, 0.2) is 53.4 Å². The van der Waals surface area contributed by atoms with E-state index in [1.54, 1.807) is 16.7 Å². The molecule has 1 N–H and O–H groups in total. The number of hydrogen-bond acceptors (Lipinski definition) is 3. The molecule has 0 bridgehead atoms. The second kappa shape index (κ2) is 12.0. The number of benzene rings is 2. The summed E-state index contributed by atoms with van der Waals surface area (Å²) in [6.07, 6.45) is 0.931. The Balaban J connectivity index is 2.11. The second-order valence-corrected chi connectivity index (χ2v) is 9.25. The maximum absolute atomic E-state index is 13.2. The Labute approximate surface area is 189 Å². The lowest BCUT2D eigenvalue weighted by Crippen LogP contribution is -2.50. The zero-order chi connectivity index (χ0) is 22.1. The maximum atomic E-state index is 13.2. The van der Waals surface area contributed by atoms with Gasteiger partial charge in [-0.2, -0.15) is 0 Å². The zero-order valence-corrected chi connectivity index (χ0v) is 19.7.